The van der Waals surface area contributed by atoms with E-state index < -0.39 is 0 Å². The summed E-state index contributed by atoms with van der Waals surface area (Å²) in [5, 5.41) is 0. The molecule has 0 unspecified atom stereocenters. The van der Waals surface area contributed by atoms with E-state index in [1.54, 1.807) is 0 Å². The molecular formula is C10H23N2O2+. The molecule has 0 aromatic rings. The fourth-order valence-electron chi connectivity index (χ4n) is 0.820. The van der Waals surface area contributed by atoms with Gasteiger partial charge in [-0.15, -0.1) is 0 Å². The fraction of sp³-hybridized carbons (Fsp3) is 0.900. The van der Waals surface area contributed by atoms with Crippen molar-refractivity contribution in [2.45, 2.75) is 6.42 Å². The van der Waals surface area contributed by atoms with E-state index >= 15 is 0 Å². The molecule has 0 heterocycles. The van der Waals surface area contributed by atoms with Crippen LogP contribution in [0.5, 0.6) is 0 Å². The number of likely N-dealkylation sites (N-methyl/N-ethyl adjacent to an activating group) is 1. The third-order valence-electron chi connectivity index (χ3n) is 1.79. The van der Waals surface area contributed by atoms with Gasteiger partial charge < -0.3 is 14.1 Å². The van der Waals surface area contributed by atoms with Crippen molar-refractivity contribution in [3.05, 3.63) is 0 Å². The van der Waals surface area contributed by atoms with Crippen LogP contribution in [0.4, 0.5) is 0 Å². The van der Waals surface area contributed by atoms with Crippen LogP contribution in [-0.4, -0.2) is 70.3 Å². The second-order valence-electron chi connectivity index (χ2n) is 4.79. The van der Waals surface area contributed by atoms with Crippen molar-refractivity contribution in [2.24, 2.45) is 0 Å². The van der Waals surface area contributed by atoms with Gasteiger partial charge in [0, 0.05) is 6.54 Å². The van der Waals surface area contributed by atoms with Crippen molar-refractivity contribution in [1.82, 2.24) is 4.90 Å². The lowest BCUT2D eigenvalue weighted by molar-refractivity contribution is -0.870. The normalized spacial score (nSPS) is 11.9. The maximum absolute atomic E-state index is 11.2. The molecule has 0 N–H and O–H groups in total. The largest absolute Gasteiger partial charge is 0.460 e. The standard InChI is InChI=1S/C10H23N2O2/c1-11(2)7-6-10(13)14-9-8-12(3,4)5/h6-9H2,1-5H3/q+1. The average molecular weight is 203 g/mol. The molecule has 14 heavy (non-hydrogen) atoms. The van der Waals surface area contributed by atoms with Crippen LogP contribution in [-0.2, 0) is 9.53 Å². The van der Waals surface area contributed by atoms with Crippen LogP contribution in [0.25, 0.3) is 0 Å². The molecule has 0 aliphatic heterocycles. The molecule has 84 valence electrons. The van der Waals surface area contributed by atoms with E-state index in [0.717, 1.165) is 17.6 Å². The molecule has 0 aliphatic carbocycles. The number of esters is 1. The number of carbonyl (C=O) groups excluding carboxylic acids is 1. The van der Waals surface area contributed by atoms with E-state index in [-0.39, 0.29) is 5.97 Å². The highest BCUT2D eigenvalue weighted by molar-refractivity contribution is 5.69. The summed E-state index contributed by atoms with van der Waals surface area (Å²) in [5.74, 6) is -0.104. The van der Waals surface area contributed by atoms with Crippen molar-refractivity contribution < 1.29 is 14.0 Å². The molecule has 0 aromatic carbocycles. The van der Waals surface area contributed by atoms with Crippen molar-refractivity contribution >= 4 is 5.97 Å². The molecular weight excluding hydrogens is 180 g/mol. The second-order valence-corrected chi connectivity index (χ2v) is 4.79. The van der Waals surface area contributed by atoms with Crippen LogP contribution in [0.15, 0.2) is 0 Å². The average Bonchev–Trinajstić information content (AvgIpc) is 1.98. The number of hydrogen-bond acceptors (Lipinski definition) is 3. The molecule has 0 radical (unpaired) electrons. The maximum atomic E-state index is 11.2. The Labute approximate surface area is 87.0 Å². The highest BCUT2D eigenvalue weighted by Crippen LogP contribution is 1.92. The summed E-state index contributed by atoms with van der Waals surface area (Å²) in [6, 6.07) is 0. The van der Waals surface area contributed by atoms with Gasteiger partial charge in [0.25, 0.3) is 0 Å². The Morgan fingerprint density at radius 3 is 2.29 bits per heavy atom. The number of ether oxygens (including phenoxy) is 1. The summed E-state index contributed by atoms with van der Waals surface area (Å²) in [4.78, 5) is 13.2. The summed E-state index contributed by atoms with van der Waals surface area (Å²) in [6.45, 7) is 2.12. The van der Waals surface area contributed by atoms with Crippen LogP contribution in [0.3, 0.4) is 0 Å². The van der Waals surface area contributed by atoms with Crippen molar-refractivity contribution in [1.29, 1.82) is 0 Å². The minimum Gasteiger partial charge on any atom is -0.460 e. The predicted octanol–water partition coefficient (Wildman–Crippen LogP) is 0.188. The topological polar surface area (TPSA) is 29.5 Å². The minimum absolute atomic E-state index is 0.104. The number of carbonyl (C=O) groups is 1. The molecule has 4 heteroatoms. The van der Waals surface area contributed by atoms with Gasteiger partial charge in [-0.3, -0.25) is 4.79 Å². The van der Waals surface area contributed by atoms with Gasteiger partial charge >= 0.3 is 5.97 Å². The summed E-state index contributed by atoms with van der Waals surface area (Å²) in [7, 11) is 10.1. The first-order valence-electron chi connectivity index (χ1n) is 4.92. The van der Waals surface area contributed by atoms with Gasteiger partial charge in [0.15, 0.2) is 0 Å². The molecule has 0 aromatic heterocycles. The SMILES string of the molecule is CN(C)CCC(=O)OCC[N+](C)(C)C. The number of nitrogens with zero attached hydrogens (tertiary/aromatic N) is 2. The third-order valence-corrected chi connectivity index (χ3v) is 1.79. The quantitative estimate of drug-likeness (QED) is 0.456. The summed E-state index contributed by atoms with van der Waals surface area (Å²) >= 11 is 0. The van der Waals surface area contributed by atoms with E-state index in [2.05, 4.69) is 21.1 Å². The first-order valence-corrected chi connectivity index (χ1v) is 4.92. The Morgan fingerprint density at radius 2 is 1.86 bits per heavy atom. The van der Waals surface area contributed by atoms with Gasteiger partial charge in [0.05, 0.1) is 27.6 Å². The molecule has 4 nitrogen and oxygen atoms in total. The monoisotopic (exact) mass is 203 g/mol. The van der Waals surface area contributed by atoms with Crippen LogP contribution in [0.1, 0.15) is 6.42 Å². The van der Waals surface area contributed by atoms with Crippen LogP contribution < -0.4 is 0 Å². The van der Waals surface area contributed by atoms with Gasteiger partial charge in [0.2, 0.25) is 0 Å². The number of hydrogen-bond donors (Lipinski definition) is 0. The lowest BCUT2D eigenvalue weighted by Gasteiger charge is -2.23. The van der Waals surface area contributed by atoms with Crippen LogP contribution in [0, 0.1) is 0 Å². The lowest BCUT2D eigenvalue weighted by Crippen LogP contribution is -2.38. The van der Waals surface area contributed by atoms with Gasteiger partial charge in [-0.2, -0.15) is 0 Å². The first kappa shape index (κ1) is 13.4. The Morgan fingerprint density at radius 1 is 1.29 bits per heavy atom. The zero-order valence-electron chi connectivity index (χ0n) is 10.0. The molecule has 0 atom stereocenters. The Balaban J connectivity index is 3.46. The molecule has 0 saturated heterocycles. The van der Waals surface area contributed by atoms with Crippen LogP contribution >= 0.6 is 0 Å². The van der Waals surface area contributed by atoms with E-state index in [0.29, 0.717) is 13.0 Å². The summed E-state index contributed by atoms with van der Waals surface area (Å²) < 4.78 is 5.91. The molecule has 0 aliphatic rings. The number of rotatable bonds is 6. The van der Waals surface area contributed by atoms with E-state index in [1.165, 1.54) is 0 Å². The third kappa shape index (κ3) is 9.48. The zero-order chi connectivity index (χ0) is 11.2. The van der Waals surface area contributed by atoms with Crippen molar-refractivity contribution in [2.75, 3.05) is 54.9 Å². The molecule has 0 rings (SSSR count). The van der Waals surface area contributed by atoms with Crippen molar-refractivity contribution in [3.63, 3.8) is 0 Å². The van der Waals surface area contributed by atoms with E-state index in [4.69, 9.17) is 4.74 Å². The first-order chi connectivity index (χ1) is 6.31. The molecule has 0 saturated carbocycles. The van der Waals surface area contributed by atoms with Gasteiger partial charge in [-0.1, -0.05) is 0 Å². The van der Waals surface area contributed by atoms with E-state index in [1.807, 2.05) is 19.0 Å². The number of quaternary nitrogens is 1. The molecule has 0 fully saturated rings. The lowest BCUT2D eigenvalue weighted by atomic mass is 10.4. The zero-order valence-corrected chi connectivity index (χ0v) is 10.0. The Hall–Kier alpha value is -0.610. The van der Waals surface area contributed by atoms with Gasteiger partial charge in [0.1, 0.15) is 13.2 Å². The maximum Gasteiger partial charge on any atom is 0.307 e. The Kier molecular flexibility index (Phi) is 5.72. The second kappa shape index (κ2) is 5.98. The minimum atomic E-state index is -0.104. The highest BCUT2D eigenvalue weighted by atomic mass is 16.5. The molecule has 0 amide bonds. The van der Waals surface area contributed by atoms with Gasteiger partial charge in [-0.05, 0) is 14.1 Å². The molecule has 0 bridgehead atoms. The summed E-state index contributed by atoms with van der Waals surface area (Å²) in [5.41, 5.74) is 0. The smallest absolute Gasteiger partial charge is 0.307 e. The van der Waals surface area contributed by atoms with Gasteiger partial charge in [-0.25, -0.2) is 0 Å². The highest BCUT2D eigenvalue weighted by Gasteiger charge is 2.09. The summed E-state index contributed by atoms with van der Waals surface area (Å²) in [6.07, 6.45) is 0.476. The Bertz CT molecular complexity index is 173. The fourth-order valence-corrected chi connectivity index (χ4v) is 0.820. The van der Waals surface area contributed by atoms with Crippen molar-refractivity contribution in [3.8, 4) is 0 Å². The predicted molar refractivity (Wildman–Crippen MR) is 57.0 cm³/mol. The molecule has 0 spiro atoms. The van der Waals surface area contributed by atoms with Crippen LogP contribution in [0.2, 0.25) is 0 Å². The van der Waals surface area contributed by atoms with E-state index in [9.17, 15) is 4.79 Å².